The summed E-state index contributed by atoms with van der Waals surface area (Å²) in [7, 11) is 0. The largest absolute Gasteiger partial charge is 0.393 e. The van der Waals surface area contributed by atoms with Gasteiger partial charge in [0.2, 0.25) is 0 Å². The number of aliphatic hydroxyl groups excluding tert-OH is 1. The third-order valence-corrected chi connectivity index (χ3v) is 5.49. The van der Waals surface area contributed by atoms with E-state index < -0.39 is 0 Å². The molecule has 0 aliphatic heterocycles. The monoisotopic (exact) mass is 264 g/mol. The van der Waals surface area contributed by atoms with Crippen LogP contribution in [0.4, 0.5) is 0 Å². The Kier molecular flexibility index (Phi) is 4.50. The summed E-state index contributed by atoms with van der Waals surface area (Å²) in [6.45, 7) is 6.43. The molecule has 2 aliphatic carbocycles. The average molecular weight is 264 g/mol. The number of Topliss-reactive ketones (excluding diaryl/α,β-unsaturated/α-hetero) is 1. The van der Waals surface area contributed by atoms with Gasteiger partial charge in [-0.1, -0.05) is 26.0 Å². The van der Waals surface area contributed by atoms with E-state index in [2.05, 4.69) is 26.0 Å². The Labute approximate surface area is 117 Å². The van der Waals surface area contributed by atoms with Crippen molar-refractivity contribution in [3.05, 3.63) is 12.2 Å². The van der Waals surface area contributed by atoms with E-state index in [0.717, 1.165) is 25.7 Å². The summed E-state index contributed by atoms with van der Waals surface area (Å²) in [5.41, 5.74) is 0.226. The Morgan fingerprint density at radius 3 is 2.84 bits per heavy atom. The molecule has 19 heavy (non-hydrogen) atoms. The summed E-state index contributed by atoms with van der Waals surface area (Å²) in [6, 6.07) is 0. The number of rotatable bonds is 4. The van der Waals surface area contributed by atoms with Crippen molar-refractivity contribution in [3.8, 4) is 0 Å². The van der Waals surface area contributed by atoms with Gasteiger partial charge in [0, 0.05) is 12.3 Å². The Morgan fingerprint density at radius 1 is 1.42 bits per heavy atom. The minimum atomic E-state index is -0.258. The van der Waals surface area contributed by atoms with Gasteiger partial charge < -0.3 is 5.11 Å². The molecule has 0 bridgehead atoms. The summed E-state index contributed by atoms with van der Waals surface area (Å²) in [5.74, 6) is 1.97. The van der Waals surface area contributed by atoms with Crippen LogP contribution >= 0.6 is 0 Å². The standard InChI is InChI=1S/C17H28O2/c1-12(6-4-7-13(2)18)14-9-10-15-16(19)8-5-11-17(14,15)3/h4,6,12-15,18H,5,7-11H2,1-3H3/b6-4+/t12-,13+,14-,15+,17-/m1/s1. The van der Waals surface area contributed by atoms with Crippen molar-refractivity contribution >= 4 is 5.78 Å². The number of hydrogen-bond donors (Lipinski definition) is 1. The highest BCUT2D eigenvalue weighted by atomic mass is 16.3. The van der Waals surface area contributed by atoms with E-state index in [4.69, 9.17) is 0 Å². The molecule has 2 heteroatoms. The van der Waals surface area contributed by atoms with Gasteiger partial charge in [0.05, 0.1) is 6.10 Å². The fraction of sp³-hybridized carbons (Fsp3) is 0.824. The van der Waals surface area contributed by atoms with Crippen molar-refractivity contribution in [1.29, 1.82) is 0 Å². The molecule has 0 amide bonds. The molecule has 2 nitrogen and oxygen atoms in total. The molecule has 0 radical (unpaired) electrons. The van der Waals surface area contributed by atoms with Crippen LogP contribution in [0.5, 0.6) is 0 Å². The van der Waals surface area contributed by atoms with Gasteiger partial charge in [-0.3, -0.25) is 4.79 Å². The van der Waals surface area contributed by atoms with Crippen LogP contribution < -0.4 is 0 Å². The molecule has 0 aromatic carbocycles. The number of ketones is 1. The van der Waals surface area contributed by atoms with Gasteiger partial charge in [-0.05, 0) is 56.3 Å². The molecule has 0 saturated heterocycles. The molecule has 5 atom stereocenters. The van der Waals surface area contributed by atoms with Gasteiger partial charge in [-0.2, -0.15) is 0 Å². The van der Waals surface area contributed by atoms with E-state index in [1.54, 1.807) is 0 Å². The zero-order chi connectivity index (χ0) is 14.0. The minimum absolute atomic E-state index is 0.226. The molecule has 0 heterocycles. The van der Waals surface area contributed by atoms with Crippen LogP contribution in [0.2, 0.25) is 0 Å². The highest BCUT2D eigenvalue weighted by Gasteiger charge is 2.51. The maximum Gasteiger partial charge on any atom is 0.136 e. The van der Waals surface area contributed by atoms with E-state index in [1.165, 1.54) is 12.8 Å². The van der Waals surface area contributed by atoms with Crippen LogP contribution in [0.1, 0.15) is 59.3 Å². The van der Waals surface area contributed by atoms with Crippen molar-refractivity contribution in [3.63, 3.8) is 0 Å². The highest BCUT2D eigenvalue weighted by molar-refractivity contribution is 5.83. The molecule has 2 saturated carbocycles. The molecule has 2 rings (SSSR count). The van der Waals surface area contributed by atoms with Gasteiger partial charge in [0.25, 0.3) is 0 Å². The first kappa shape index (κ1) is 14.8. The lowest BCUT2D eigenvalue weighted by Crippen LogP contribution is -2.39. The number of fused-ring (bicyclic) bond motifs is 1. The van der Waals surface area contributed by atoms with Gasteiger partial charge in [0.15, 0.2) is 0 Å². The van der Waals surface area contributed by atoms with E-state index in [1.807, 2.05) is 6.92 Å². The van der Waals surface area contributed by atoms with Gasteiger partial charge >= 0.3 is 0 Å². The number of aliphatic hydroxyl groups is 1. The summed E-state index contributed by atoms with van der Waals surface area (Å²) in [6.07, 6.45) is 10.2. The second kappa shape index (κ2) is 5.78. The van der Waals surface area contributed by atoms with E-state index >= 15 is 0 Å². The SMILES string of the molecule is C[C@H](O)C/C=C/[C@@H](C)[C@H]1CC[C@H]2C(=O)CCC[C@]12C. The Balaban J connectivity index is 2.04. The third kappa shape index (κ3) is 2.94. The van der Waals surface area contributed by atoms with Crippen molar-refractivity contribution in [1.82, 2.24) is 0 Å². The Hall–Kier alpha value is -0.630. The van der Waals surface area contributed by atoms with Crippen LogP contribution in [-0.4, -0.2) is 17.0 Å². The first-order valence-corrected chi connectivity index (χ1v) is 7.82. The van der Waals surface area contributed by atoms with E-state index in [0.29, 0.717) is 23.5 Å². The molecular weight excluding hydrogens is 236 g/mol. The van der Waals surface area contributed by atoms with Crippen LogP contribution in [0.15, 0.2) is 12.2 Å². The fourth-order valence-corrected chi connectivity index (χ4v) is 4.46. The lowest BCUT2D eigenvalue weighted by molar-refractivity contribution is -0.129. The fourth-order valence-electron chi connectivity index (χ4n) is 4.46. The van der Waals surface area contributed by atoms with E-state index in [9.17, 15) is 9.90 Å². The zero-order valence-corrected chi connectivity index (χ0v) is 12.6. The van der Waals surface area contributed by atoms with E-state index in [-0.39, 0.29) is 11.5 Å². The van der Waals surface area contributed by atoms with Gasteiger partial charge in [0.1, 0.15) is 5.78 Å². The molecular formula is C17H28O2. The predicted molar refractivity (Wildman–Crippen MR) is 77.8 cm³/mol. The summed E-state index contributed by atoms with van der Waals surface area (Å²) >= 11 is 0. The van der Waals surface area contributed by atoms with Crippen LogP contribution in [0, 0.1) is 23.2 Å². The Morgan fingerprint density at radius 2 is 2.16 bits per heavy atom. The minimum Gasteiger partial charge on any atom is -0.393 e. The molecule has 108 valence electrons. The Bertz CT molecular complexity index is 358. The predicted octanol–water partition coefficient (Wildman–Crippen LogP) is 3.74. The second-order valence-electron chi connectivity index (χ2n) is 6.93. The first-order valence-electron chi connectivity index (χ1n) is 7.82. The third-order valence-electron chi connectivity index (χ3n) is 5.49. The molecule has 0 aromatic rings. The van der Waals surface area contributed by atoms with Gasteiger partial charge in [-0.25, -0.2) is 0 Å². The lowest BCUT2D eigenvalue weighted by atomic mass is 9.62. The normalized spacial score (nSPS) is 38.4. The quantitative estimate of drug-likeness (QED) is 0.785. The maximum absolute atomic E-state index is 12.1. The van der Waals surface area contributed by atoms with Crippen molar-refractivity contribution < 1.29 is 9.90 Å². The molecule has 0 aromatic heterocycles. The first-order chi connectivity index (χ1) is 8.95. The number of carbonyl (C=O) groups excluding carboxylic acids is 1. The smallest absolute Gasteiger partial charge is 0.136 e. The molecule has 2 aliphatic rings. The number of carbonyl (C=O) groups is 1. The van der Waals surface area contributed by atoms with Gasteiger partial charge in [-0.15, -0.1) is 0 Å². The number of hydrogen-bond acceptors (Lipinski definition) is 2. The van der Waals surface area contributed by atoms with Crippen molar-refractivity contribution in [2.75, 3.05) is 0 Å². The van der Waals surface area contributed by atoms with Crippen molar-refractivity contribution in [2.45, 2.75) is 65.4 Å². The average Bonchev–Trinajstić information content (AvgIpc) is 2.67. The van der Waals surface area contributed by atoms with Crippen LogP contribution in [-0.2, 0) is 4.79 Å². The zero-order valence-electron chi connectivity index (χ0n) is 12.6. The molecule has 0 unspecified atom stereocenters. The van der Waals surface area contributed by atoms with Crippen molar-refractivity contribution in [2.24, 2.45) is 23.2 Å². The molecule has 1 N–H and O–H groups in total. The highest BCUT2D eigenvalue weighted by Crippen LogP contribution is 2.56. The second-order valence-corrected chi connectivity index (χ2v) is 6.93. The number of allylic oxidation sites excluding steroid dienone is 1. The topological polar surface area (TPSA) is 37.3 Å². The molecule has 2 fully saturated rings. The summed E-state index contributed by atoms with van der Waals surface area (Å²) < 4.78 is 0. The van der Waals surface area contributed by atoms with Crippen LogP contribution in [0.3, 0.4) is 0 Å². The van der Waals surface area contributed by atoms with Crippen LogP contribution in [0.25, 0.3) is 0 Å². The summed E-state index contributed by atoms with van der Waals surface area (Å²) in [5, 5.41) is 9.31. The molecule has 0 spiro atoms. The maximum atomic E-state index is 12.1. The summed E-state index contributed by atoms with van der Waals surface area (Å²) in [4.78, 5) is 12.1. The lowest BCUT2D eigenvalue weighted by Gasteiger charge is -2.41.